The van der Waals surface area contributed by atoms with Gasteiger partial charge in [-0.25, -0.2) is 0 Å². The van der Waals surface area contributed by atoms with Gasteiger partial charge in [0.15, 0.2) is 0 Å². The minimum atomic E-state index is -4.00. The average molecular weight is 152 g/mol. The fourth-order valence-electron chi connectivity index (χ4n) is 0.358. The summed E-state index contributed by atoms with van der Waals surface area (Å²) in [6, 6.07) is 0. The molecule has 0 atom stereocenters. The van der Waals surface area contributed by atoms with Crippen LogP contribution in [0.3, 0.4) is 0 Å². The van der Waals surface area contributed by atoms with Gasteiger partial charge in [-0.05, 0) is 19.5 Å². The molecule has 0 bridgehead atoms. The third kappa shape index (κ3) is 8.02. The summed E-state index contributed by atoms with van der Waals surface area (Å²) < 4.78 is 0. The van der Waals surface area contributed by atoms with Crippen molar-refractivity contribution in [3.05, 3.63) is 0 Å². The van der Waals surface area contributed by atoms with E-state index in [9.17, 15) is 0 Å². The second-order valence-electron chi connectivity index (χ2n) is 1.70. The first kappa shape index (κ1) is 9.02. The van der Waals surface area contributed by atoms with Gasteiger partial charge in [-0.15, -0.1) is 0 Å². The standard InChI is InChI=1S/C3H12N2O3Si/c4-2-1-3-5-9(6,7)8/h5-8H,1-4H2. The number of hydrogen-bond acceptors (Lipinski definition) is 5. The molecule has 0 unspecified atom stereocenters. The summed E-state index contributed by atoms with van der Waals surface area (Å²) in [6.07, 6.45) is 0.621. The van der Waals surface area contributed by atoms with E-state index < -0.39 is 8.97 Å². The molecule has 0 heterocycles. The lowest BCUT2D eigenvalue weighted by Crippen LogP contribution is -2.52. The van der Waals surface area contributed by atoms with Gasteiger partial charge in [-0.1, -0.05) is 0 Å². The molecule has 0 saturated carbocycles. The van der Waals surface area contributed by atoms with Crippen molar-refractivity contribution in [3.8, 4) is 0 Å². The molecule has 0 aromatic carbocycles. The van der Waals surface area contributed by atoms with Gasteiger partial charge in [0, 0.05) is 0 Å². The highest BCUT2D eigenvalue weighted by molar-refractivity contribution is 6.53. The second kappa shape index (κ2) is 3.93. The third-order valence-electron chi connectivity index (χ3n) is 0.743. The summed E-state index contributed by atoms with van der Waals surface area (Å²) in [5.74, 6) is 0. The zero-order valence-electron chi connectivity index (χ0n) is 5.04. The molecule has 0 aliphatic carbocycles. The van der Waals surface area contributed by atoms with E-state index in [0.29, 0.717) is 19.5 Å². The molecule has 0 rings (SSSR count). The SMILES string of the molecule is NCCCN[Si](O)(O)O. The van der Waals surface area contributed by atoms with E-state index in [-0.39, 0.29) is 0 Å². The second-order valence-corrected chi connectivity index (χ2v) is 3.33. The Morgan fingerprint density at radius 2 is 1.89 bits per heavy atom. The number of nitrogens with one attached hydrogen (secondary N) is 1. The van der Waals surface area contributed by atoms with Gasteiger partial charge in [-0.2, -0.15) is 0 Å². The van der Waals surface area contributed by atoms with Crippen LogP contribution in [-0.4, -0.2) is 36.4 Å². The lowest BCUT2D eigenvalue weighted by molar-refractivity contribution is 0.209. The van der Waals surface area contributed by atoms with Gasteiger partial charge in [0.2, 0.25) is 0 Å². The number of hydrogen-bond donors (Lipinski definition) is 5. The van der Waals surface area contributed by atoms with Crippen LogP contribution in [-0.2, 0) is 0 Å². The van der Waals surface area contributed by atoms with Crippen molar-refractivity contribution in [3.63, 3.8) is 0 Å². The maximum atomic E-state index is 8.34. The average Bonchev–Trinajstić information content (AvgIpc) is 1.63. The molecule has 6 heteroatoms. The van der Waals surface area contributed by atoms with Crippen molar-refractivity contribution < 1.29 is 14.4 Å². The Labute approximate surface area is 54.6 Å². The Morgan fingerprint density at radius 3 is 2.22 bits per heavy atom. The van der Waals surface area contributed by atoms with E-state index in [1.54, 1.807) is 0 Å². The van der Waals surface area contributed by atoms with E-state index >= 15 is 0 Å². The fraction of sp³-hybridized carbons (Fsp3) is 1.00. The maximum absolute atomic E-state index is 8.34. The largest absolute Gasteiger partial charge is 0.588 e. The summed E-state index contributed by atoms with van der Waals surface area (Å²) >= 11 is 0. The van der Waals surface area contributed by atoms with E-state index in [1.165, 1.54) is 0 Å². The highest BCUT2D eigenvalue weighted by Crippen LogP contribution is 1.77. The smallest absolute Gasteiger partial charge is 0.377 e. The van der Waals surface area contributed by atoms with Crippen LogP contribution in [0, 0.1) is 0 Å². The molecule has 0 aromatic heterocycles. The summed E-state index contributed by atoms with van der Waals surface area (Å²) in [5, 5.41) is 0. The fourth-order valence-corrected chi connectivity index (χ4v) is 0.870. The van der Waals surface area contributed by atoms with Crippen molar-refractivity contribution >= 4 is 8.97 Å². The molecule has 56 valence electrons. The molecule has 0 aromatic rings. The van der Waals surface area contributed by atoms with Crippen LogP contribution in [0.1, 0.15) is 6.42 Å². The molecule has 0 spiro atoms. The molecule has 0 saturated heterocycles. The van der Waals surface area contributed by atoms with Crippen LogP contribution in [0.2, 0.25) is 0 Å². The Balaban J connectivity index is 3.07. The predicted octanol–water partition coefficient (Wildman–Crippen LogP) is -2.66. The highest BCUT2D eigenvalue weighted by atomic mass is 28.4. The molecule has 0 amide bonds. The van der Waals surface area contributed by atoms with Crippen LogP contribution in [0.25, 0.3) is 0 Å². The van der Waals surface area contributed by atoms with Crippen LogP contribution in [0.4, 0.5) is 0 Å². The van der Waals surface area contributed by atoms with Crippen molar-refractivity contribution in [2.75, 3.05) is 13.1 Å². The van der Waals surface area contributed by atoms with Crippen LogP contribution >= 0.6 is 0 Å². The van der Waals surface area contributed by atoms with Crippen molar-refractivity contribution in [2.45, 2.75) is 6.42 Å². The summed E-state index contributed by atoms with van der Waals surface area (Å²) in [5.41, 5.74) is 5.09. The van der Waals surface area contributed by atoms with Crippen LogP contribution in [0.15, 0.2) is 0 Å². The van der Waals surface area contributed by atoms with Crippen LogP contribution in [0.5, 0.6) is 0 Å². The molecular formula is C3H12N2O3Si. The summed E-state index contributed by atoms with van der Waals surface area (Å²) in [6.45, 7) is 0.809. The minimum absolute atomic E-state index is 0.340. The molecule has 6 N–H and O–H groups in total. The van der Waals surface area contributed by atoms with Crippen molar-refractivity contribution in [2.24, 2.45) is 5.73 Å². The summed E-state index contributed by atoms with van der Waals surface area (Å²) in [4.78, 5) is 27.2. The Kier molecular flexibility index (Phi) is 3.94. The first-order chi connectivity index (χ1) is 4.06. The van der Waals surface area contributed by atoms with Crippen molar-refractivity contribution in [1.29, 1.82) is 0 Å². The van der Waals surface area contributed by atoms with Crippen molar-refractivity contribution in [1.82, 2.24) is 4.98 Å². The highest BCUT2D eigenvalue weighted by Gasteiger charge is 2.25. The van der Waals surface area contributed by atoms with E-state index in [4.69, 9.17) is 20.1 Å². The Bertz CT molecular complexity index is 73.9. The monoisotopic (exact) mass is 152 g/mol. The maximum Gasteiger partial charge on any atom is 0.588 e. The number of rotatable bonds is 4. The quantitative estimate of drug-likeness (QED) is 0.224. The van der Waals surface area contributed by atoms with Gasteiger partial charge < -0.3 is 20.1 Å². The zero-order chi connectivity index (χ0) is 7.33. The first-order valence-electron chi connectivity index (χ1n) is 2.68. The molecule has 9 heavy (non-hydrogen) atoms. The lowest BCUT2D eigenvalue weighted by Gasteiger charge is -2.09. The first-order valence-corrected chi connectivity index (χ1v) is 4.52. The van der Waals surface area contributed by atoms with Gasteiger partial charge in [0.25, 0.3) is 0 Å². The van der Waals surface area contributed by atoms with Gasteiger partial charge in [-0.3, -0.25) is 4.98 Å². The third-order valence-corrected chi connectivity index (χ3v) is 1.47. The molecule has 0 aliphatic rings. The van der Waals surface area contributed by atoms with E-state index in [1.807, 2.05) is 0 Å². The van der Waals surface area contributed by atoms with Gasteiger partial charge in [0.05, 0.1) is 0 Å². The molecule has 0 aliphatic heterocycles. The zero-order valence-corrected chi connectivity index (χ0v) is 6.04. The minimum Gasteiger partial charge on any atom is -0.377 e. The molecule has 5 nitrogen and oxygen atoms in total. The Morgan fingerprint density at radius 1 is 1.33 bits per heavy atom. The Hall–Kier alpha value is 0.0169. The molecule has 0 radical (unpaired) electrons. The molecular weight excluding hydrogens is 140 g/mol. The van der Waals surface area contributed by atoms with Gasteiger partial charge in [0.1, 0.15) is 0 Å². The molecule has 0 fully saturated rings. The topological polar surface area (TPSA) is 98.7 Å². The van der Waals surface area contributed by atoms with E-state index in [2.05, 4.69) is 4.98 Å². The van der Waals surface area contributed by atoms with E-state index in [0.717, 1.165) is 0 Å². The van der Waals surface area contributed by atoms with Crippen LogP contribution < -0.4 is 10.7 Å². The predicted molar refractivity (Wildman–Crippen MR) is 34.1 cm³/mol. The van der Waals surface area contributed by atoms with Gasteiger partial charge >= 0.3 is 8.97 Å². The summed E-state index contributed by atoms with van der Waals surface area (Å²) in [7, 11) is -4.00. The lowest BCUT2D eigenvalue weighted by atomic mass is 10.4. The number of nitrogens with two attached hydrogens (primary N) is 1. The normalized spacial score (nSPS) is 12.0.